The van der Waals surface area contributed by atoms with Crippen LogP contribution in [0.25, 0.3) is 0 Å². The number of hydrogen-bond acceptors (Lipinski definition) is 6. The molecular formula is C15H26N4O3. The second kappa shape index (κ2) is 8.01. The largest absolute Gasteiger partial charge is 0.389 e. The van der Waals surface area contributed by atoms with Crippen molar-refractivity contribution in [1.29, 1.82) is 0 Å². The van der Waals surface area contributed by atoms with Crippen LogP contribution in [-0.2, 0) is 16.0 Å². The molecule has 0 aromatic carbocycles. The Morgan fingerprint density at radius 3 is 3.09 bits per heavy atom. The molecule has 0 saturated carbocycles. The lowest BCUT2D eigenvalue weighted by Gasteiger charge is -2.26. The maximum absolute atomic E-state index is 10.2. The zero-order valence-corrected chi connectivity index (χ0v) is 13.0. The van der Waals surface area contributed by atoms with Crippen LogP contribution in [0.5, 0.6) is 0 Å². The van der Waals surface area contributed by atoms with Gasteiger partial charge in [0.25, 0.3) is 0 Å². The molecule has 1 N–H and O–H groups in total. The van der Waals surface area contributed by atoms with Crippen molar-refractivity contribution < 1.29 is 14.6 Å². The third-order valence-corrected chi connectivity index (χ3v) is 4.45. The average Bonchev–Trinajstić information content (AvgIpc) is 3.23. The van der Waals surface area contributed by atoms with Gasteiger partial charge in [-0.15, -0.1) is 0 Å². The molecular weight excluding hydrogens is 284 g/mol. The van der Waals surface area contributed by atoms with E-state index in [1.807, 2.05) is 4.68 Å². The first-order valence-electron chi connectivity index (χ1n) is 8.25. The van der Waals surface area contributed by atoms with Crippen molar-refractivity contribution in [1.82, 2.24) is 19.7 Å². The van der Waals surface area contributed by atoms with E-state index in [2.05, 4.69) is 15.0 Å². The highest BCUT2D eigenvalue weighted by molar-refractivity contribution is 4.81. The Kier molecular flexibility index (Phi) is 5.77. The molecule has 3 heterocycles. The van der Waals surface area contributed by atoms with Gasteiger partial charge >= 0.3 is 0 Å². The molecule has 3 atom stereocenters. The van der Waals surface area contributed by atoms with Crippen LogP contribution in [0, 0.1) is 0 Å². The van der Waals surface area contributed by atoms with Gasteiger partial charge in [-0.2, -0.15) is 5.10 Å². The predicted molar refractivity (Wildman–Crippen MR) is 80.4 cm³/mol. The molecule has 0 amide bonds. The molecule has 3 rings (SSSR count). The molecule has 124 valence electrons. The second-order valence-corrected chi connectivity index (χ2v) is 6.23. The zero-order valence-electron chi connectivity index (χ0n) is 13.0. The van der Waals surface area contributed by atoms with Crippen LogP contribution in [0.2, 0.25) is 0 Å². The predicted octanol–water partition coefficient (Wildman–Crippen LogP) is 0.299. The van der Waals surface area contributed by atoms with Crippen molar-refractivity contribution in [3.05, 3.63) is 12.7 Å². The molecule has 0 unspecified atom stereocenters. The number of likely N-dealkylation sites (tertiary alicyclic amines) is 1. The molecule has 0 spiro atoms. The molecule has 0 aliphatic carbocycles. The van der Waals surface area contributed by atoms with Crippen LogP contribution >= 0.6 is 0 Å². The first kappa shape index (κ1) is 15.9. The van der Waals surface area contributed by atoms with Crippen molar-refractivity contribution in [2.75, 3.05) is 32.9 Å². The van der Waals surface area contributed by atoms with Gasteiger partial charge < -0.3 is 14.6 Å². The van der Waals surface area contributed by atoms with Crippen LogP contribution in [0.1, 0.15) is 25.7 Å². The standard InChI is InChI=1S/C15H26N4O3/c20-14(9-21-10-15-4-2-6-22-15)8-18-5-1-3-13(18)7-19-12-16-11-17-19/h11-15,20H,1-10H2/t13-,14-,15-/m0/s1. The maximum atomic E-state index is 10.2. The summed E-state index contributed by atoms with van der Waals surface area (Å²) in [7, 11) is 0. The molecule has 1 aromatic rings. The van der Waals surface area contributed by atoms with E-state index < -0.39 is 6.10 Å². The normalized spacial score (nSPS) is 27.5. The minimum atomic E-state index is -0.447. The highest BCUT2D eigenvalue weighted by Crippen LogP contribution is 2.19. The van der Waals surface area contributed by atoms with Gasteiger partial charge in [0.05, 0.1) is 32.0 Å². The third-order valence-electron chi connectivity index (χ3n) is 4.45. The second-order valence-electron chi connectivity index (χ2n) is 6.23. The van der Waals surface area contributed by atoms with Crippen molar-refractivity contribution in [2.45, 2.75) is 50.5 Å². The lowest BCUT2D eigenvalue weighted by Crippen LogP contribution is -2.40. The van der Waals surface area contributed by atoms with Crippen LogP contribution in [0.15, 0.2) is 12.7 Å². The average molecular weight is 310 g/mol. The number of nitrogens with zero attached hydrogens (tertiary/aromatic N) is 4. The fourth-order valence-electron chi connectivity index (χ4n) is 3.32. The molecule has 2 aliphatic rings. The molecule has 1 aromatic heterocycles. The summed E-state index contributed by atoms with van der Waals surface area (Å²) < 4.78 is 13.0. The first-order chi connectivity index (χ1) is 10.8. The summed E-state index contributed by atoms with van der Waals surface area (Å²) in [5, 5.41) is 14.3. The summed E-state index contributed by atoms with van der Waals surface area (Å²) in [6, 6.07) is 0.425. The number of hydrogen-bond donors (Lipinski definition) is 1. The van der Waals surface area contributed by atoms with Crippen LogP contribution in [0.3, 0.4) is 0 Å². The minimum Gasteiger partial charge on any atom is -0.389 e. The number of ether oxygens (including phenoxy) is 2. The fraction of sp³-hybridized carbons (Fsp3) is 0.867. The van der Waals surface area contributed by atoms with Gasteiger partial charge in [0.2, 0.25) is 0 Å². The summed E-state index contributed by atoms with van der Waals surface area (Å²) >= 11 is 0. The van der Waals surface area contributed by atoms with E-state index in [4.69, 9.17) is 9.47 Å². The molecule has 7 nitrogen and oxygen atoms in total. The van der Waals surface area contributed by atoms with Gasteiger partial charge in [-0.25, -0.2) is 4.98 Å². The van der Waals surface area contributed by atoms with E-state index >= 15 is 0 Å². The smallest absolute Gasteiger partial charge is 0.137 e. The van der Waals surface area contributed by atoms with Crippen molar-refractivity contribution in [2.24, 2.45) is 0 Å². The number of aromatic nitrogens is 3. The number of β-amino-alcohol motifs (C(OH)–C–C–N with tert-alkyl or cyclic N) is 1. The monoisotopic (exact) mass is 310 g/mol. The Hall–Kier alpha value is -1.02. The van der Waals surface area contributed by atoms with Crippen molar-refractivity contribution >= 4 is 0 Å². The number of aliphatic hydroxyl groups is 1. The summed E-state index contributed by atoms with van der Waals surface area (Å²) in [5.41, 5.74) is 0. The van der Waals surface area contributed by atoms with E-state index in [1.54, 1.807) is 12.7 Å². The fourth-order valence-corrected chi connectivity index (χ4v) is 3.32. The van der Waals surface area contributed by atoms with E-state index in [1.165, 1.54) is 6.42 Å². The lowest BCUT2D eigenvalue weighted by molar-refractivity contribution is -0.0265. The molecule has 2 saturated heterocycles. The Bertz CT molecular complexity index is 422. The number of rotatable bonds is 8. The van der Waals surface area contributed by atoms with E-state index in [0.717, 1.165) is 39.0 Å². The Morgan fingerprint density at radius 2 is 2.32 bits per heavy atom. The molecule has 22 heavy (non-hydrogen) atoms. The Morgan fingerprint density at radius 1 is 1.36 bits per heavy atom. The number of aliphatic hydroxyl groups excluding tert-OH is 1. The zero-order chi connectivity index (χ0) is 15.2. The maximum Gasteiger partial charge on any atom is 0.137 e. The van der Waals surface area contributed by atoms with Gasteiger partial charge in [0.15, 0.2) is 0 Å². The van der Waals surface area contributed by atoms with Gasteiger partial charge in [0.1, 0.15) is 12.7 Å². The van der Waals surface area contributed by atoms with Gasteiger partial charge in [0, 0.05) is 19.2 Å². The molecule has 7 heteroatoms. The Labute approximate surface area is 131 Å². The van der Waals surface area contributed by atoms with Crippen molar-refractivity contribution in [3.8, 4) is 0 Å². The van der Waals surface area contributed by atoms with Crippen LogP contribution < -0.4 is 0 Å². The molecule has 2 fully saturated rings. The van der Waals surface area contributed by atoms with E-state index in [0.29, 0.717) is 25.8 Å². The lowest BCUT2D eigenvalue weighted by atomic mass is 10.2. The molecule has 0 bridgehead atoms. The topological polar surface area (TPSA) is 72.6 Å². The third kappa shape index (κ3) is 4.49. The first-order valence-corrected chi connectivity index (χ1v) is 8.25. The van der Waals surface area contributed by atoms with Gasteiger partial charge in [-0.1, -0.05) is 0 Å². The van der Waals surface area contributed by atoms with E-state index in [9.17, 15) is 5.11 Å². The van der Waals surface area contributed by atoms with Crippen molar-refractivity contribution in [3.63, 3.8) is 0 Å². The van der Waals surface area contributed by atoms with Gasteiger partial charge in [-0.3, -0.25) is 9.58 Å². The van der Waals surface area contributed by atoms with Crippen LogP contribution in [0.4, 0.5) is 0 Å². The summed E-state index contributed by atoms with van der Waals surface area (Å²) in [4.78, 5) is 6.32. The Balaban J connectivity index is 1.37. The van der Waals surface area contributed by atoms with Gasteiger partial charge in [-0.05, 0) is 32.2 Å². The van der Waals surface area contributed by atoms with E-state index in [-0.39, 0.29) is 6.10 Å². The highest BCUT2D eigenvalue weighted by atomic mass is 16.5. The quantitative estimate of drug-likeness (QED) is 0.744. The minimum absolute atomic E-state index is 0.221. The van der Waals surface area contributed by atoms with Crippen LogP contribution in [-0.4, -0.2) is 75.9 Å². The highest BCUT2D eigenvalue weighted by Gasteiger charge is 2.27. The summed E-state index contributed by atoms with van der Waals surface area (Å²) in [5.74, 6) is 0. The summed E-state index contributed by atoms with van der Waals surface area (Å²) in [6.45, 7) is 4.34. The summed E-state index contributed by atoms with van der Waals surface area (Å²) in [6.07, 6.45) is 7.59. The molecule has 2 aliphatic heterocycles. The molecule has 0 radical (unpaired) electrons. The SMILES string of the molecule is O[C@H](COC[C@@H]1CCCO1)CN1CCC[C@H]1Cn1cncn1.